The number of fused-ring (bicyclic) bond motifs is 1. The molecule has 1 aromatic heterocycles. The standard InChI is InChI=1S/C8H8N2O3S/c11-14(12,13)5-8-9-6-3-1-2-4-7(6)10-8/h1-4H,5H2,(H,9,10)(H,11,12,13). The van der Waals surface area contributed by atoms with Crippen LogP contribution in [-0.4, -0.2) is 22.9 Å². The summed E-state index contributed by atoms with van der Waals surface area (Å²) in [6.07, 6.45) is 0. The summed E-state index contributed by atoms with van der Waals surface area (Å²) in [7, 11) is -4.02. The average molecular weight is 212 g/mol. The van der Waals surface area contributed by atoms with Crippen LogP contribution in [0.3, 0.4) is 0 Å². The fraction of sp³-hybridized carbons (Fsp3) is 0.125. The molecule has 0 saturated carbocycles. The Morgan fingerprint density at radius 1 is 1.36 bits per heavy atom. The van der Waals surface area contributed by atoms with Gasteiger partial charge in [-0.15, -0.1) is 0 Å². The maximum Gasteiger partial charge on any atom is 0.272 e. The van der Waals surface area contributed by atoms with Crippen molar-refractivity contribution in [3.05, 3.63) is 30.1 Å². The van der Waals surface area contributed by atoms with Gasteiger partial charge in [0.25, 0.3) is 10.1 Å². The van der Waals surface area contributed by atoms with Gasteiger partial charge in [-0.3, -0.25) is 4.55 Å². The number of aromatic amines is 1. The van der Waals surface area contributed by atoms with E-state index in [9.17, 15) is 8.42 Å². The number of hydrogen-bond acceptors (Lipinski definition) is 3. The Balaban J connectivity index is 2.46. The Hall–Kier alpha value is -1.40. The summed E-state index contributed by atoms with van der Waals surface area (Å²) in [5, 5.41) is 0. The lowest BCUT2D eigenvalue weighted by molar-refractivity contribution is 0.481. The van der Waals surface area contributed by atoms with Crippen molar-refractivity contribution >= 4 is 21.2 Å². The molecule has 14 heavy (non-hydrogen) atoms. The Morgan fingerprint density at radius 3 is 2.71 bits per heavy atom. The zero-order chi connectivity index (χ0) is 10.2. The van der Waals surface area contributed by atoms with E-state index >= 15 is 0 Å². The number of H-pyrrole nitrogens is 1. The Bertz CT molecular complexity index is 526. The second-order valence-electron chi connectivity index (χ2n) is 2.93. The maximum atomic E-state index is 10.6. The van der Waals surface area contributed by atoms with E-state index in [1.807, 2.05) is 6.07 Å². The van der Waals surface area contributed by atoms with Crippen LogP contribution >= 0.6 is 0 Å². The number of aromatic nitrogens is 2. The lowest BCUT2D eigenvalue weighted by atomic mass is 10.3. The first kappa shape index (κ1) is 9.17. The van der Waals surface area contributed by atoms with Crippen molar-refractivity contribution in [3.63, 3.8) is 0 Å². The van der Waals surface area contributed by atoms with Crippen LogP contribution in [-0.2, 0) is 15.9 Å². The monoisotopic (exact) mass is 212 g/mol. The van der Waals surface area contributed by atoms with Crippen molar-refractivity contribution in [2.45, 2.75) is 5.75 Å². The highest BCUT2D eigenvalue weighted by atomic mass is 32.2. The summed E-state index contributed by atoms with van der Waals surface area (Å²) in [6.45, 7) is 0. The van der Waals surface area contributed by atoms with Gasteiger partial charge in [0, 0.05) is 0 Å². The molecule has 2 aromatic rings. The van der Waals surface area contributed by atoms with Crippen LogP contribution in [0, 0.1) is 0 Å². The number of para-hydroxylation sites is 2. The molecular weight excluding hydrogens is 204 g/mol. The summed E-state index contributed by atoms with van der Waals surface area (Å²) in [5.74, 6) is -0.240. The third-order valence-corrected chi connectivity index (χ3v) is 2.40. The van der Waals surface area contributed by atoms with Gasteiger partial charge < -0.3 is 4.98 Å². The Labute approximate surface area is 80.5 Å². The molecule has 1 heterocycles. The van der Waals surface area contributed by atoms with Crippen molar-refractivity contribution in [2.75, 3.05) is 0 Å². The molecule has 2 N–H and O–H groups in total. The normalized spacial score (nSPS) is 12.1. The molecule has 0 amide bonds. The number of imidazole rings is 1. The van der Waals surface area contributed by atoms with Crippen molar-refractivity contribution in [1.29, 1.82) is 0 Å². The van der Waals surface area contributed by atoms with Gasteiger partial charge in [-0.25, -0.2) is 4.98 Å². The summed E-state index contributed by atoms with van der Waals surface area (Å²) in [5.41, 5.74) is 1.44. The van der Waals surface area contributed by atoms with Gasteiger partial charge >= 0.3 is 0 Å². The third kappa shape index (κ3) is 1.91. The molecule has 74 valence electrons. The molecule has 0 aliphatic heterocycles. The van der Waals surface area contributed by atoms with Gasteiger partial charge in [-0.1, -0.05) is 12.1 Å². The van der Waals surface area contributed by atoms with E-state index in [2.05, 4.69) is 9.97 Å². The molecular formula is C8H8N2O3S. The van der Waals surface area contributed by atoms with Gasteiger partial charge in [0.05, 0.1) is 11.0 Å². The highest BCUT2D eigenvalue weighted by Crippen LogP contribution is 2.11. The average Bonchev–Trinajstić information content (AvgIpc) is 2.42. The minimum absolute atomic E-state index is 0.244. The first-order chi connectivity index (χ1) is 6.54. The molecule has 2 rings (SSSR count). The van der Waals surface area contributed by atoms with Crippen LogP contribution in [0.15, 0.2) is 24.3 Å². The van der Waals surface area contributed by atoms with E-state index in [-0.39, 0.29) is 5.82 Å². The summed E-state index contributed by atoms with van der Waals surface area (Å²) in [6, 6.07) is 7.17. The van der Waals surface area contributed by atoms with Gasteiger partial charge in [0.1, 0.15) is 11.6 Å². The second kappa shape index (κ2) is 3.07. The van der Waals surface area contributed by atoms with E-state index in [0.29, 0.717) is 5.52 Å². The van der Waals surface area contributed by atoms with Crippen molar-refractivity contribution in [2.24, 2.45) is 0 Å². The maximum absolute atomic E-state index is 10.6. The molecule has 0 aliphatic carbocycles. The number of nitrogens with one attached hydrogen (secondary N) is 1. The number of rotatable bonds is 2. The SMILES string of the molecule is O=S(=O)(O)Cc1nc2ccccc2[nH]1. The molecule has 0 bridgehead atoms. The van der Waals surface area contributed by atoms with Crippen molar-refractivity contribution < 1.29 is 13.0 Å². The topological polar surface area (TPSA) is 83.1 Å². The zero-order valence-electron chi connectivity index (χ0n) is 7.14. The Morgan fingerprint density at radius 2 is 2.07 bits per heavy atom. The van der Waals surface area contributed by atoms with Gasteiger partial charge in [-0.2, -0.15) is 8.42 Å². The number of hydrogen-bond donors (Lipinski definition) is 2. The molecule has 5 nitrogen and oxygen atoms in total. The molecule has 6 heteroatoms. The summed E-state index contributed by atoms with van der Waals surface area (Å²) < 4.78 is 29.8. The lowest BCUT2D eigenvalue weighted by Crippen LogP contribution is -2.02. The van der Waals surface area contributed by atoms with Gasteiger partial charge in [0.15, 0.2) is 0 Å². The molecule has 0 saturated heterocycles. The van der Waals surface area contributed by atoms with Crippen LogP contribution in [0.1, 0.15) is 5.82 Å². The predicted octanol–water partition coefficient (Wildman–Crippen LogP) is 0.951. The van der Waals surface area contributed by atoms with Crippen LogP contribution in [0.5, 0.6) is 0 Å². The van der Waals surface area contributed by atoms with Crippen LogP contribution in [0.25, 0.3) is 11.0 Å². The molecule has 0 aliphatic rings. The molecule has 0 spiro atoms. The zero-order valence-corrected chi connectivity index (χ0v) is 7.95. The third-order valence-electron chi connectivity index (χ3n) is 1.76. The summed E-state index contributed by atoms with van der Waals surface area (Å²) >= 11 is 0. The number of nitrogens with zero attached hydrogens (tertiary/aromatic N) is 1. The minimum atomic E-state index is -4.02. The lowest BCUT2D eigenvalue weighted by Gasteiger charge is -1.90. The summed E-state index contributed by atoms with van der Waals surface area (Å²) in [4.78, 5) is 6.81. The Kier molecular flexibility index (Phi) is 2.01. The molecule has 1 aromatic carbocycles. The quantitative estimate of drug-likeness (QED) is 0.726. The van der Waals surface area contributed by atoms with Gasteiger partial charge in [0.2, 0.25) is 0 Å². The first-order valence-electron chi connectivity index (χ1n) is 3.93. The molecule has 0 unspecified atom stereocenters. The van der Waals surface area contributed by atoms with Crippen molar-refractivity contribution in [3.8, 4) is 0 Å². The van der Waals surface area contributed by atoms with Crippen LogP contribution in [0.2, 0.25) is 0 Å². The van der Waals surface area contributed by atoms with E-state index in [1.165, 1.54) is 0 Å². The van der Waals surface area contributed by atoms with E-state index < -0.39 is 15.9 Å². The molecule has 0 atom stereocenters. The predicted molar refractivity (Wildman–Crippen MR) is 51.3 cm³/mol. The second-order valence-corrected chi connectivity index (χ2v) is 4.38. The van der Waals surface area contributed by atoms with Crippen LogP contribution in [0.4, 0.5) is 0 Å². The van der Waals surface area contributed by atoms with E-state index in [1.54, 1.807) is 18.2 Å². The smallest absolute Gasteiger partial charge is 0.272 e. The molecule has 0 radical (unpaired) electrons. The first-order valence-corrected chi connectivity index (χ1v) is 5.54. The van der Waals surface area contributed by atoms with Crippen molar-refractivity contribution in [1.82, 2.24) is 9.97 Å². The van der Waals surface area contributed by atoms with Gasteiger partial charge in [-0.05, 0) is 12.1 Å². The largest absolute Gasteiger partial charge is 0.341 e. The molecule has 0 fully saturated rings. The fourth-order valence-electron chi connectivity index (χ4n) is 1.25. The van der Waals surface area contributed by atoms with E-state index in [4.69, 9.17) is 4.55 Å². The fourth-order valence-corrected chi connectivity index (χ4v) is 1.73. The highest BCUT2D eigenvalue weighted by Gasteiger charge is 2.10. The minimum Gasteiger partial charge on any atom is -0.341 e. The number of benzene rings is 1. The van der Waals surface area contributed by atoms with Crippen LogP contribution < -0.4 is 0 Å². The highest BCUT2D eigenvalue weighted by molar-refractivity contribution is 7.84. The van der Waals surface area contributed by atoms with E-state index in [0.717, 1.165) is 5.52 Å².